The highest BCUT2D eigenvalue weighted by Crippen LogP contribution is 2.54. The number of rotatable bonds is 0. The summed E-state index contributed by atoms with van der Waals surface area (Å²) < 4.78 is 0. The molecule has 9 aromatic rings. The Hall–Kier alpha value is -5.20. The first-order valence-electron chi connectivity index (χ1n) is 14.8. The minimum atomic E-state index is 1.30. The summed E-state index contributed by atoms with van der Waals surface area (Å²) in [4.78, 5) is 0. The molecule has 2 aliphatic carbocycles. The standard InChI is InChI=1S/C42H22/c1-3-11-25-23(9-1)21-35-37-27(25)13-5-15-29(37)31-17-7-19-33-34-20-8-18-32-30-16-6-14-28-26-12-4-2-10-24(26)22-36(38(28)30)42(40(32)34)41(35)39(31)33/h1-22H. The number of hydrogen-bond donors (Lipinski definition) is 0. The van der Waals surface area contributed by atoms with Gasteiger partial charge in [-0.15, -0.1) is 0 Å². The van der Waals surface area contributed by atoms with Crippen LogP contribution in [0.25, 0.3) is 86.9 Å². The molecule has 0 heterocycles. The predicted octanol–water partition coefficient (Wildman–Crippen LogP) is 11.2. The summed E-state index contributed by atoms with van der Waals surface area (Å²) in [5.74, 6) is 0. The molecule has 9 aromatic carbocycles. The van der Waals surface area contributed by atoms with Gasteiger partial charge in [-0.05, 0) is 109 Å². The van der Waals surface area contributed by atoms with Crippen LogP contribution in [-0.4, -0.2) is 0 Å². The van der Waals surface area contributed by atoms with Crippen molar-refractivity contribution in [2.75, 3.05) is 0 Å². The summed E-state index contributed by atoms with van der Waals surface area (Å²) in [5.41, 5.74) is 10.6. The summed E-state index contributed by atoms with van der Waals surface area (Å²) in [5, 5.41) is 16.3. The molecule has 0 amide bonds. The van der Waals surface area contributed by atoms with Crippen LogP contribution in [0, 0.1) is 12.8 Å². The van der Waals surface area contributed by atoms with Crippen molar-refractivity contribution in [2.24, 2.45) is 0 Å². The molecule has 190 valence electrons. The fraction of sp³-hybridized carbons (Fsp3) is 0. The van der Waals surface area contributed by atoms with E-state index in [1.165, 1.54) is 109 Å². The molecule has 0 atom stereocenters. The normalized spacial score (nSPS) is 13.5. The van der Waals surface area contributed by atoms with Crippen molar-refractivity contribution >= 4 is 64.6 Å². The first-order chi connectivity index (χ1) is 20.9. The minimum absolute atomic E-state index is 1.30. The van der Waals surface area contributed by atoms with Gasteiger partial charge < -0.3 is 0 Å². The molecular weight excluding hydrogens is 504 g/mol. The maximum Gasteiger partial charge on any atom is 0.0218 e. The van der Waals surface area contributed by atoms with Gasteiger partial charge in [0.15, 0.2) is 0 Å². The lowest BCUT2D eigenvalue weighted by Crippen LogP contribution is -2.05. The lowest BCUT2D eigenvalue weighted by molar-refractivity contribution is 1.44. The molecule has 0 spiro atoms. The molecule has 2 radical (unpaired) electrons. The second kappa shape index (κ2) is 7.35. The van der Waals surface area contributed by atoms with Crippen LogP contribution in [0.3, 0.4) is 0 Å². The van der Waals surface area contributed by atoms with E-state index in [-0.39, 0.29) is 0 Å². The van der Waals surface area contributed by atoms with Crippen molar-refractivity contribution in [3.05, 3.63) is 156 Å². The highest BCUT2D eigenvalue weighted by atomic mass is 14.3. The topological polar surface area (TPSA) is 0 Å². The van der Waals surface area contributed by atoms with Crippen LogP contribution < -0.4 is 0 Å². The van der Waals surface area contributed by atoms with Crippen molar-refractivity contribution in [1.82, 2.24) is 0 Å². The van der Waals surface area contributed by atoms with E-state index in [0.29, 0.717) is 0 Å². The van der Waals surface area contributed by atoms with Crippen LogP contribution in [0.2, 0.25) is 0 Å². The third-order valence-electron chi connectivity index (χ3n) is 10.1. The van der Waals surface area contributed by atoms with E-state index in [0.717, 1.165) is 0 Å². The van der Waals surface area contributed by atoms with E-state index in [1.807, 2.05) is 0 Å². The lowest BCUT2D eigenvalue weighted by atomic mass is 9.74. The highest BCUT2D eigenvalue weighted by molar-refractivity contribution is 6.42. The first-order valence-corrected chi connectivity index (χ1v) is 14.8. The van der Waals surface area contributed by atoms with Gasteiger partial charge in [0, 0.05) is 12.8 Å². The van der Waals surface area contributed by atoms with Gasteiger partial charge in [-0.25, -0.2) is 0 Å². The summed E-state index contributed by atoms with van der Waals surface area (Å²) in [6.07, 6.45) is 4.94. The maximum atomic E-state index is 2.47. The number of benzene rings is 9. The van der Waals surface area contributed by atoms with Gasteiger partial charge in [-0.2, -0.15) is 0 Å². The van der Waals surface area contributed by atoms with Gasteiger partial charge in [-0.1, -0.05) is 121 Å². The monoisotopic (exact) mass is 526 g/mol. The largest absolute Gasteiger partial charge is 0.0619 e. The van der Waals surface area contributed by atoms with E-state index < -0.39 is 0 Å². The molecule has 0 aromatic heterocycles. The van der Waals surface area contributed by atoms with Crippen molar-refractivity contribution in [1.29, 1.82) is 0 Å². The Morgan fingerprint density at radius 3 is 1.00 bits per heavy atom. The molecule has 0 aliphatic heterocycles. The first kappa shape index (κ1) is 21.5. The van der Waals surface area contributed by atoms with E-state index in [9.17, 15) is 0 Å². The Balaban J connectivity index is 1.51. The van der Waals surface area contributed by atoms with Crippen LogP contribution >= 0.6 is 0 Å². The zero-order valence-corrected chi connectivity index (χ0v) is 22.7. The molecule has 0 nitrogen and oxygen atoms in total. The Labute approximate surface area is 242 Å². The fourth-order valence-corrected chi connectivity index (χ4v) is 8.50. The molecule has 11 rings (SSSR count). The zero-order chi connectivity index (χ0) is 27.1. The van der Waals surface area contributed by atoms with Gasteiger partial charge in [0.05, 0.1) is 0 Å². The van der Waals surface area contributed by atoms with E-state index in [4.69, 9.17) is 0 Å². The van der Waals surface area contributed by atoms with Crippen molar-refractivity contribution in [3.63, 3.8) is 0 Å². The van der Waals surface area contributed by atoms with Gasteiger partial charge >= 0.3 is 0 Å². The average molecular weight is 527 g/mol. The molecule has 0 unspecified atom stereocenters. The van der Waals surface area contributed by atoms with Crippen LogP contribution in [0.1, 0.15) is 22.3 Å². The lowest BCUT2D eigenvalue weighted by Gasteiger charge is -2.28. The van der Waals surface area contributed by atoms with Gasteiger partial charge in [0.1, 0.15) is 0 Å². The third kappa shape index (κ3) is 2.40. The Morgan fingerprint density at radius 2 is 0.571 bits per heavy atom. The van der Waals surface area contributed by atoms with Crippen molar-refractivity contribution < 1.29 is 0 Å². The minimum Gasteiger partial charge on any atom is -0.0619 e. The smallest absolute Gasteiger partial charge is 0.0218 e. The maximum absolute atomic E-state index is 2.47. The molecule has 0 N–H and O–H groups in total. The van der Waals surface area contributed by atoms with Crippen LogP contribution in [-0.2, 0) is 0 Å². The Kier molecular flexibility index (Phi) is 3.77. The van der Waals surface area contributed by atoms with Gasteiger partial charge in [0.25, 0.3) is 0 Å². The number of hydrogen-bond acceptors (Lipinski definition) is 0. The SMILES string of the molecule is [CH]1c2ccccc2-c2cccc3c2c1c1c2c4c5c(cccc5c5cccc(c6cccc3c61)c52)-c1ccccc1[CH]4. The second-order valence-electron chi connectivity index (χ2n) is 12.0. The second-order valence-corrected chi connectivity index (χ2v) is 12.0. The molecule has 0 bridgehead atoms. The molecule has 2 aliphatic rings. The fourth-order valence-electron chi connectivity index (χ4n) is 8.50. The van der Waals surface area contributed by atoms with E-state index in [2.05, 4.69) is 134 Å². The molecular formula is C42H22. The quantitative estimate of drug-likeness (QED) is 0.136. The van der Waals surface area contributed by atoms with Crippen LogP contribution in [0.5, 0.6) is 0 Å². The summed E-state index contributed by atoms with van der Waals surface area (Å²) in [6, 6.07) is 45.4. The Morgan fingerprint density at radius 1 is 0.238 bits per heavy atom. The van der Waals surface area contributed by atoms with Crippen LogP contribution in [0.4, 0.5) is 0 Å². The molecule has 0 saturated carbocycles. The van der Waals surface area contributed by atoms with Crippen molar-refractivity contribution in [3.8, 4) is 22.3 Å². The molecule has 0 saturated heterocycles. The Bertz CT molecular complexity index is 2480. The molecule has 0 heteroatoms. The molecule has 42 heavy (non-hydrogen) atoms. The van der Waals surface area contributed by atoms with Crippen molar-refractivity contribution in [2.45, 2.75) is 0 Å². The van der Waals surface area contributed by atoms with E-state index >= 15 is 0 Å². The summed E-state index contributed by atoms with van der Waals surface area (Å²) >= 11 is 0. The number of fused-ring (bicyclic) bond motifs is 10. The van der Waals surface area contributed by atoms with Gasteiger partial charge in [-0.3, -0.25) is 0 Å². The van der Waals surface area contributed by atoms with E-state index in [1.54, 1.807) is 0 Å². The highest BCUT2D eigenvalue weighted by Gasteiger charge is 2.29. The summed E-state index contributed by atoms with van der Waals surface area (Å²) in [6.45, 7) is 0. The molecule has 0 fully saturated rings. The van der Waals surface area contributed by atoms with Gasteiger partial charge in [0.2, 0.25) is 0 Å². The predicted molar refractivity (Wildman–Crippen MR) is 179 cm³/mol. The zero-order valence-electron chi connectivity index (χ0n) is 22.7. The third-order valence-corrected chi connectivity index (χ3v) is 10.1. The average Bonchev–Trinajstić information content (AvgIpc) is 3.05. The van der Waals surface area contributed by atoms with Crippen LogP contribution in [0.15, 0.2) is 121 Å². The summed E-state index contributed by atoms with van der Waals surface area (Å²) in [7, 11) is 0.